The Hall–Kier alpha value is -2.70. The molecule has 3 rings (SSSR count). The first kappa shape index (κ1) is 14.2. The number of aromatic amines is 1. The Kier molecular flexibility index (Phi) is 3.40. The molecule has 0 saturated heterocycles. The number of aromatic nitrogens is 4. The minimum atomic E-state index is -0.666. The van der Waals surface area contributed by atoms with E-state index in [1.165, 1.54) is 10.6 Å². The topological polar surface area (TPSA) is 75.1 Å². The minimum Gasteiger partial charge on any atom is -0.344 e. The molecule has 0 spiro atoms. The zero-order chi connectivity index (χ0) is 15.9. The zero-order valence-corrected chi connectivity index (χ0v) is 12.5. The number of aryl methyl sites for hydroxylation is 2. The van der Waals surface area contributed by atoms with Gasteiger partial charge in [-0.15, -0.1) is 0 Å². The van der Waals surface area contributed by atoms with Gasteiger partial charge in [0.15, 0.2) is 5.69 Å². The Bertz CT molecular complexity index is 831. The van der Waals surface area contributed by atoms with Crippen molar-refractivity contribution in [3.8, 4) is 0 Å². The Labute approximate surface area is 126 Å². The van der Waals surface area contributed by atoms with E-state index in [2.05, 4.69) is 20.5 Å². The van der Waals surface area contributed by atoms with Crippen LogP contribution < -0.4 is 5.32 Å². The molecule has 0 saturated carbocycles. The van der Waals surface area contributed by atoms with Crippen LogP contribution in [-0.2, 0) is 0 Å². The Morgan fingerprint density at radius 2 is 2.18 bits per heavy atom. The second-order valence-corrected chi connectivity index (χ2v) is 5.22. The first-order valence-corrected chi connectivity index (χ1v) is 6.94. The number of pyridine rings is 1. The summed E-state index contributed by atoms with van der Waals surface area (Å²) in [6, 6.07) is 4.77. The lowest BCUT2D eigenvalue weighted by Crippen LogP contribution is -2.28. The van der Waals surface area contributed by atoms with Crippen LogP contribution >= 0.6 is 0 Å². The number of carbonyl (C=O) groups excluding carboxylic acids is 1. The van der Waals surface area contributed by atoms with Crippen LogP contribution in [0.2, 0.25) is 0 Å². The number of imidazole rings is 1. The molecule has 3 heterocycles. The number of nitrogens with one attached hydrogen (secondary N) is 2. The van der Waals surface area contributed by atoms with E-state index in [0.29, 0.717) is 5.65 Å². The highest BCUT2D eigenvalue weighted by molar-refractivity contribution is 5.93. The molecule has 1 amide bonds. The number of hydrogen-bond acceptors (Lipinski definition) is 3. The van der Waals surface area contributed by atoms with Crippen molar-refractivity contribution in [1.29, 1.82) is 0 Å². The average Bonchev–Trinajstić information content (AvgIpc) is 3.00. The highest BCUT2D eigenvalue weighted by Gasteiger charge is 2.22. The van der Waals surface area contributed by atoms with Gasteiger partial charge in [-0.2, -0.15) is 9.49 Å². The van der Waals surface area contributed by atoms with Crippen molar-refractivity contribution in [2.75, 3.05) is 0 Å². The highest BCUT2D eigenvalue weighted by atomic mass is 19.1. The molecular formula is C15H16FN5O. The van der Waals surface area contributed by atoms with E-state index in [1.54, 1.807) is 18.2 Å². The summed E-state index contributed by atoms with van der Waals surface area (Å²) in [4.78, 5) is 16.3. The molecule has 0 radical (unpaired) electrons. The molecule has 0 aromatic carbocycles. The molecule has 2 N–H and O–H groups in total. The molecule has 3 aromatic heterocycles. The lowest BCUT2D eigenvalue weighted by Gasteiger charge is -2.13. The predicted molar refractivity (Wildman–Crippen MR) is 79.1 cm³/mol. The number of nitrogens with zero attached hydrogens (tertiary/aromatic N) is 3. The molecule has 114 valence electrons. The largest absolute Gasteiger partial charge is 0.344 e. The van der Waals surface area contributed by atoms with Gasteiger partial charge in [-0.25, -0.2) is 4.98 Å². The van der Waals surface area contributed by atoms with Crippen molar-refractivity contribution in [1.82, 2.24) is 24.9 Å². The third-order valence-electron chi connectivity index (χ3n) is 3.65. The quantitative estimate of drug-likeness (QED) is 0.779. The van der Waals surface area contributed by atoms with E-state index in [1.807, 2.05) is 20.8 Å². The summed E-state index contributed by atoms with van der Waals surface area (Å²) in [5.41, 5.74) is 2.77. The predicted octanol–water partition coefficient (Wildman–Crippen LogP) is 2.30. The van der Waals surface area contributed by atoms with Gasteiger partial charge in [0, 0.05) is 17.5 Å². The SMILES string of the molecule is Cc1n[nH]c(C)c1C(C)NC(=O)c1nc2ccccn2c1F. The number of halogens is 1. The molecule has 1 unspecified atom stereocenters. The first-order valence-electron chi connectivity index (χ1n) is 6.94. The van der Waals surface area contributed by atoms with Crippen molar-refractivity contribution < 1.29 is 9.18 Å². The van der Waals surface area contributed by atoms with Crippen LogP contribution in [0.5, 0.6) is 0 Å². The maximum absolute atomic E-state index is 14.3. The summed E-state index contributed by atoms with van der Waals surface area (Å²) >= 11 is 0. The number of hydrogen-bond donors (Lipinski definition) is 2. The summed E-state index contributed by atoms with van der Waals surface area (Å²) in [7, 11) is 0. The van der Waals surface area contributed by atoms with Gasteiger partial charge in [-0.3, -0.25) is 14.3 Å². The van der Waals surface area contributed by atoms with E-state index < -0.39 is 11.9 Å². The van der Waals surface area contributed by atoms with Crippen LogP contribution in [0.1, 0.15) is 40.4 Å². The van der Waals surface area contributed by atoms with Crippen molar-refractivity contribution >= 4 is 11.6 Å². The van der Waals surface area contributed by atoms with Crippen LogP contribution in [0.15, 0.2) is 24.4 Å². The lowest BCUT2D eigenvalue weighted by molar-refractivity contribution is 0.0930. The third kappa shape index (κ3) is 2.24. The molecule has 6 nitrogen and oxygen atoms in total. The van der Waals surface area contributed by atoms with Gasteiger partial charge in [-0.1, -0.05) is 6.07 Å². The Balaban J connectivity index is 1.89. The number of rotatable bonds is 3. The summed E-state index contributed by atoms with van der Waals surface area (Å²) in [5, 5.41) is 9.74. The number of carbonyl (C=O) groups is 1. The molecule has 0 aliphatic rings. The number of amides is 1. The van der Waals surface area contributed by atoms with Crippen LogP contribution in [0.25, 0.3) is 5.65 Å². The molecule has 1 atom stereocenters. The Morgan fingerprint density at radius 3 is 2.82 bits per heavy atom. The van der Waals surface area contributed by atoms with E-state index in [-0.39, 0.29) is 11.7 Å². The molecule has 0 aliphatic carbocycles. The molecule has 0 bridgehead atoms. The van der Waals surface area contributed by atoms with Crippen LogP contribution in [0.3, 0.4) is 0 Å². The molecule has 0 fully saturated rings. The van der Waals surface area contributed by atoms with Crippen molar-refractivity contribution in [2.45, 2.75) is 26.8 Å². The van der Waals surface area contributed by atoms with Crippen molar-refractivity contribution in [3.63, 3.8) is 0 Å². The second kappa shape index (κ2) is 5.25. The third-order valence-corrected chi connectivity index (χ3v) is 3.65. The van der Waals surface area contributed by atoms with Gasteiger partial charge in [0.1, 0.15) is 5.65 Å². The standard InChI is InChI=1S/C15H16FN5O/c1-8(12-9(2)19-20-10(12)3)17-15(22)13-14(16)21-7-5-4-6-11(21)18-13/h4-8H,1-3H3,(H,17,22)(H,19,20). The van der Waals surface area contributed by atoms with Gasteiger partial charge < -0.3 is 5.32 Å². The fraction of sp³-hybridized carbons (Fsp3) is 0.267. The minimum absolute atomic E-state index is 0.211. The molecule has 22 heavy (non-hydrogen) atoms. The van der Waals surface area contributed by atoms with Gasteiger partial charge in [0.2, 0.25) is 5.95 Å². The summed E-state index contributed by atoms with van der Waals surface area (Å²) in [6.45, 7) is 5.56. The van der Waals surface area contributed by atoms with Crippen LogP contribution in [0, 0.1) is 19.8 Å². The molecular weight excluding hydrogens is 285 g/mol. The van der Waals surface area contributed by atoms with Crippen molar-refractivity contribution in [3.05, 3.63) is 53.0 Å². The second-order valence-electron chi connectivity index (χ2n) is 5.22. The van der Waals surface area contributed by atoms with Crippen molar-refractivity contribution in [2.24, 2.45) is 0 Å². The normalized spacial score (nSPS) is 12.5. The highest BCUT2D eigenvalue weighted by Crippen LogP contribution is 2.20. The van der Waals surface area contributed by atoms with Gasteiger partial charge in [0.05, 0.1) is 11.7 Å². The first-order chi connectivity index (χ1) is 10.5. The Morgan fingerprint density at radius 1 is 1.41 bits per heavy atom. The van der Waals surface area contributed by atoms with E-state index in [4.69, 9.17) is 0 Å². The lowest BCUT2D eigenvalue weighted by atomic mass is 10.1. The van der Waals surface area contributed by atoms with E-state index in [9.17, 15) is 9.18 Å². The molecule has 7 heteroatoms. The fourth-order valence-corrected chi connectivity index (χ4v) is 2.65. The maximum atomic E-state index is 14.3. The molecule has 3 aromatic rings. The average molecular weight is 301 g/mol. The summed E-state index contributed by atoms with van der Waals surface area (Å²) in [6.07, 6.45) is 1.53. The molecule has 0 aliphatic heterocycles. The fourth-order valence-electron chi connectivity index (χ4n) is 2.65. The summed E-state index contributed by atoms with van der Waals surface area (Å²) in [5.74, 6) is -1.21. The monoisotopic (exact) mass is 301 g/mol. The number of H-pyrrole nitrogens is 1. The van der Waals surface area contributed by atoms with E-state index >= 15 is 0 Å². The smallest absolute Gasteiger partial charge is 0.275 e. The van der Waals surface area contributed by atoms with Crippen LogP contribution in [0.4, 0.5) is 4.39 Å². The summed E-state index contributed by atoms with van der Waals surface area (Å²) < 4.78 is 15.5. The number of fused-ring (bicyclic) bond motifs is 1. The maximum Gasteiger partial charge on any atom is 0.275 e. The van der Waals surface area contributed by atoms with Gasteiger partial charge in [-0.05, 0) is 32.9 Å². The van der Waals surface area contributed by atoms with Gasteiger partial charge >= 0.3 is 0 Å². The van der Waals surface area contributed by atoms with Crippen LogP contribution in [-0.4, -0.2) is 25.5 Å². The van der Waals surface area contributed by atoms with Gasteiger partial charge in [0.25, 0.3) is 5.91 Å². The zero-order valence-electron chi connectivity index (χ0n) is 12.5. The van der Waals surface area contributed by atoms with E-state index in [0.717, 1.165) is 17.0 Å².